The smallest absolute Gasteiger partial charge is 0.261 e. The Balaban J connectivity index is 1.80. The molecule has 0 aliphatic heterocycles. The van der Waals surface area contributed by atoms with Crippen LogP contribution >= 0.6 is 0 Å². The van der Waals surface area contributed by atoms with Crippen LogP contribution in [-0.4, -0.2) is 14.4 Å². The third-order valence-corrected chi connectivity index (χ3v) is 4.10. The summed E-state index contributed by atoms with van der Waals surface area (Å²) in [7, 11) is 0. The highest BCUT2D eigenvalue weighted by molar-refractivity contribution is 5.50. The Morgan fingerprint density at radius 2 is 2.00 bits per heavy atom. The average molecular weight is 301 g/mol. The number of fused-ring (bicyclic) bond motifs is 2. The first-order valence-electron chi connectivity index (χ1n) is 7.78. The summed E-state index contributed by atoms with van der Waals surface area (Å²) in [5.74, 6) is 6.11. The van der Waals surface area contributed by atoms with Crippen LogP contribution in [-0.2, 0) is 12.8 Å². The van der Waals surface area contributed by atoms with Gasteiger partial charge in [-0.2, -0.15) is 0 Å². The van der Waals surface area contributed by atoms with Crippen LogP contribution < -0.4 is 5.56 Å². The lowest BCUT2D eigenvalue weighted by atomic mass is 9.97. The molecule has 1 aliphatic rings. The number of nitrogens with zero attached hydrogens (tertiary/aromatic N) is 3. The molecular weight excluding hydrogens is 286 g/mol. The maximum absolute atomic E-state index is 12.5. The van der Waals surface area contributed by atoms with Crippen LogP contribution in [0, 0.1) is 11.8 Å². The second-order valence-corrected chi connectivity index (χ2v) is 5.66. The van der Waals surface area contributed by atoms with Crippen molar-refractivity contribution in [3.05, 3.63) is 75.6 Å². The maximum Gasteiger partial charge on any atom is 0.261 e. The highest BCUT2D eigenvalue weighted by Gasteiger charge is 2.16. The molecule has 4 rings (SSSR count). The number of aryl methyl sites for hydroxylation is 1. The molecule has 0 atom stereocenters. The Hall–Kier alpha value is -2.93. The van der Waals surface area contributed by atoms with Gasteiger partial charge in [0, 0.05) is 23.5 Å². The highest BCUT2D eigenvalue weighted by Crippen LogP contribution is 2.17. The van der Waals surface area contributed by atoms with E-state index in [9.17, 15) is 4.79 Å². The molecule has 0 radical (unpaired) electrons. The van der Waals surface area contributed by atoms with Crippen LogP contribution in [0.5, 0.6) is 0 Å². The van der Waals surface area contributed by atoms with Gasteiger partial charge in [0.1, 0.15) is 11.3 Å². The van der Waals surface area contributed by atoms with E-state index in [1.54, 1.807) is 16.8 Å². The van der Waals surface area contributed by atoms with Crippen molar-refractivity contribution in [2.24, 2.45) is 0 Å². The Morgan fingerprint density at radius 1 is 1.09 bits per heavy atom. The summed E-state index contributed by atoms with van der Waals surface area (Å²) in [5, 5.41) is 0. The molecule has 0 aromatic carbocycles. The van der Waals surface area contributed by atoms with Gasteiger partial charge in [0.2, 0.25) is 0 Å². The lowest BCUT2D eigenvalue weighted by Crippen LogP contribution is -2.24. The van der Waals surface area contributed by atoms with Gasteiger partial charge in [-0.15, -0.1) is 0 Å². The number of aromatic nitrogens is 3. The maximum atomic E-state index is 12.5. The quantitative estimate of drug-likeness (QED) is 0.599. The molecule has 0 bridgehead atoms. The summed E-state index contributed by atoms with van der Waals surface area (Å²) in [6, 6.07) is 9.35. The molecule has 3 heterocycles. The van der Waals surface area contributed by atoms with E-state index in [0.29, 0.717) is 5.65 Å². The van der Waals surface area contributed by atoms with Crippen LogP contribution in [0.1, 0.15) is 35.4 Å². The lowest BCUT2D eigenvalue weighted by molar-refractivity contribution is 0.656. The molecule has 4 nitrogen and oxygen atoms in total. The standard InChI is InChI=1S/C19H15N3O/c23-19-16-6-1-2-7-17(16)21-18-13-14(10-12-22(18)19)8-9-15-5-3-4-11-20-15/h3-5,10-13H,1-2,6-7H2. The largest absolute Gasteiger partial charge is 0.269 e. The molecule has 3 aromatic heterocycles. The fraction of sp³-hybridized carbons (Fsp3) is 0.211. The van der Waals surface area contributed by atoms with Crippen molar-refractivity contribution in [3.63, 3.8) is 0 Å². The Labute approximate surface area is 133 Å². The van der Waals surface area contributed by atoms with Crippen LogP contribution in [0.2, 0.25) is 0 Å². The molecule has 0 amide bonds. The monoisotopic (exact) mass is 301 g/mol. The van der Waals surface area contributed by atoms with Crippen LogP contribution in [0.25, 0.3) is 5.65 Å². The number of pyridine rings is 2. The van der Waals surface area contributed by atoms with Crippen molar-refractivity contribution >= 4 is 5.65 Å². The van der Waals surface area contributed by atoms with Crippen molar-refractivity contribution in [2.75, 3.05) is 0 Å². The van der Waals surface area contributed by atoms with E-state index in [-0.39, 0.29) is 5.56 Å². The van der Waals surface area contributed by atoms with Crippen LogP contribution in [0.4, 0.5) is 0 Å². The van der Waals surface area contributed by atoms with Gasteiger partial charge in [-0.1, -0.05) is 12.0 Å². The van der Waals surface area contributed by atoms with Crippen molar-refractivity contribution in [1.82, 2.24) is 14.4 Å². The van der Waals surface area contributed by atoms with E-state index in [2.05, 4.69) is 21.8 Å². The summed E-state index contributed by atoms with van der Waals surface area (Å²) in [6.45, 7) is 0. The number of hydrogen-bond acceptors (Lipinski definition) is 3. The van der Waals surface area contributed by atoms with Gasteiger partial charge < -0.3 is 0 Å². The topological polar surface area (TPSA) is 47.3 Å². The summed E-state index contributed by atoms with van der Waals surface area (Å²) < 4.78 is 1.62. The molecule has 1 aliphatic carbocycles. The van der Waals surface area contributed by atoms with Crippen molar-refractivity contribution in [2.45, 2.75) is 25.7 Å². The zero-order valence-corrected chi connectivity index (χ0v) is 12.6. The minimum absolute atomic E-state index is 0.0638. The van der Waals surface area contributed by atoms with Crippen molar-refractivity contribution in [3.8, 4) is 11.8 Å². The minimum Gasteiger partial charge on any atom is -0.269 e. The van der Waals surface area contributed by atoms with Gasteiger partial charge in [-0.25, -0.2) is 9.97 Å². The van der Waals surface area contributed by atoms with Crippen LogP contribution in [0.15, 0.2) is 47.5 Å². The highest BCUT2D eigenvalue weighted by atomic mass is 16.1. The van der Waals surface area contributed by atoms with E-state index < -0.39 is 0 Å². The molecule has 3 aromatic rings. The molecule has 0 unspecified atom stereocenters. The normalized spacial score (nSPS) is 13.2. The first kappa shape index (κ1) is 13.7. The van der Waals surface area contributed by atoms with Crippen molar-refractivity contribution in [1.29, 1.82) is 0 Å². The summed E-state index contributed by atoms with van der Waals surface area (Å²) in [4.78, 5) is 21.4. The molecule has 0 fully saturated rings. The predicted molar refractivity (Wildman–Crippen MR) is 88.3 cm³/mol. The van der Waals surface area contributed by atoms with E-state index in [1.165, 1.54) is 0 Å². The summed E-state index contributed by atoms with van der Waals surface area (Å²) >= 11 is 0. The molecule has 4 heteroatoms. The number of rotatable bonds is 0. The second-order valence-electron chi connectivity index (χ2n) is 5.66. The van der Waals surface area contributed by atoms with E-state index in [4.69, 9.17) is 0 Å². The summed E-state index contributed by atoms with van der Waals surface area (Å²) in [5.41, 5.74) is 4.12. The minimum atomic E-state index is 0.0638. The van der Waals surface area contributed by atoms with Crippen molar-refractivity contribution < 1.29 is 0 Å². The Morgan fingerprint density at radius 3 is 2.87 bits per heavy atom. The lowest BCUT2D eigenvalue weighted by Gasteiger charge is -2.14. The van der Waals surface area contributed by atoms with Gasteiger partial charge in [-0.3, -0.25) is 9.20 Å². The third-order valence-electron chi connectivity index (χ3n) is 4.10. The fourth-order valence-electron chi connectivity index (χ4n) is 2.92. The molecule has 112 valence electrons. The first-order chi connectivity index (χ1) is 11.3. The fourth-order valence-corrected chi connectivity index (χ4v) is 2.92. The van der Waals surface area contributed by atoms with Gasteiger partial charge in [0.05, 0.1) is 5.69 Å². The summed E-state index contributed by atoms with van der Waals surface area (Å²) in [6.07, 6.45) is 7.40. The predicted octanol–water partition coefficient (Wildman–Crippen LogP) is 2.37. The van der Waals surface area contributed by atoms with Crippen LogP contribution in [0.3, 0.4) is 0 Å². The van der Waals surface area contributed by atoms with Gasteiger partial charge in [-0.05, 0) is 55.9 Å². The van der Waals surface area contributed by atoms with E-state index >= 15 is 0 Å². The van der Waals surface area contributed by atoms with Gasteiger partial charge in [0.15, 0.2) is 0 Å². The van der Waals surface area contributed by atoms with E-state index in [1.807, 2.05) is 30.3 Å². The molecule has 0 saturated heterocycles. The van der Waals surface area contributed by atoms with Gasteiger partial charge >= 0.3 is 0 Å². The molecule has 23 heavy (non-hydrogen) atoms. The molecule has 0 saturated carbocycles. The Kier molecular flexibility index (Phi) is 3.39. The molecule has 0 N–H and O–H groups in total. The van der Waals surface area contributed by atoms with Gasteiger partial charge in [0.25, 0.3) is 5.56 Å². The SMILES string of the molecule is O=c1c2c(nc3cc(C#Cc4ccccn4)ccn13)CCCC2. The zero-order valence-electron chi connectivity index (χ0n) is 12.6. The third kappa shape index (κ3) is 2.62. The average Bonchev–Trinajstić information content (AvgIpc) is 2.61. The van der Waals surface area contributed by atoms with E-state index in [0.717, 1.165) is 48.2 Å². The zero-order chi connectivity index (χ0) is 15.6. The first-order valence-corrected chi connectivity index (χ1v) is 7.78. The number of hydrogen-bond donors (Lipinski definition) is 0. The second kappa shape index (κ2) is 5.69. The molecule has 0 spiro atoms. The molecular formula is C19H15N3O. The Bertz CT molecular complexity index is 994.